The summed E-state index contributed by atoms with van der Waals surface area (Å²) in [6.07, 6.45) is 1.05. The third-order valence-corrected chi connectivity index (χ3v) is 5.14. The van der Waals surface area contributed by atoms with Gasteiger partial charge in [0, 0.05) is 5.69 Å². The maximum atomic E-state index is 12.7. The highest BCUT2D eigenvalue weighted by Crippen LogP contribution is 2.23. The first-order valence-electron chi connectivity index (χ1n) is 8.19. The zero-order chi connectivity index (χ0) is 20.2. The summed E-state index contributed by atoms with van der Waals surface area (Å²) >= 11 is 0. The minimum absolute atomic E-state index is 0.279. The molecule has 8 heteroatoms. The summed E-state index contributed by atoms with van der Waals surface area (Å²) in [6, 6.07) is 12.1. The minimum Gasteiger partial charge on any atom is -0.465 e. The van der Waals surface area contributed by atoms with Gasteiger partial charge in [-0.1, -0.05) is 18.2 Å². The maximum absolute atomic E-state index is 12.7. The number of ether oxygens (including phenoxy) is 1. The molecule has 2 rings (SSSR count). The number of esters is 1. The van der Waals surface area contributed by atoms with Gasteiger partial charge in [0.2, 0.25) is 15.9 Å². The van der Waals surface area contributed by atoms with Crippen molar-refractivity contribution in [3.8, 4) is 0 Å². The highest BCUT2D eigenvalue weighted by Gasteiger charge is 2.29. The molecule has 0 unspecified atom stereocenters. The summed E-state index contributed by atoms with van der Waals surface area (Å²) in [5.41, 5.74) is 1.93. The molecule has 1 atom stereocenters. The van der Waals surface area contributed by atoms with Crippen LogP contribution in [0.25, 0.3) is 0 Å². The molecule has 0 bridgehead atoms. The van der Waals surface area contributed by atoms with Gasteiger partial charge in [-0.15, -0.1) is 0 Å². The zero-order valence-corrected chi connectivity index (χ0v) is 16.4. The third-order valence-electron chi connectivity index (χ3n) is 3.90. The van der Waals surface area contributed by atoms with Gasteiger partial charge < -0.3 is 10.1 Å². The largest absolute Gasteiger partial charge is 0.465 e. The van der Waals surface area contributed by atoms with Gasteiger partial charge in [0.05, 0.1) is 24.6 Å². The van der Waals surface area contributed by atoms with Crippen molar-refractivity contribution in [2.75, 3.05) is 23.0 Å². The second kappa shape index (κ2) is 8.22. The molecule has 0 saturated carbocycles. The summed E-state index contributed by atoms with van der Waals surface area (Å²) in [4.78, 5) is 24.3. The van der Waals surface area contributed by atoms with E-state index >= 15 is 0 Å². The average molecular weight is 390 g/mol. The van der Waals surface area contributed by atoms with E-state index in [2.05, 4.69) is 10.1 Å². The molecule has 144 valence electrons. The smallest absolute Gasteiger partial charge is 0.337 e. The number of anilines is 2. The SMILES string of the molecule is COC(=O)c1cccc(NC(=O)[C@@H](C)N(c2cccc(C)c2)S(C)(=O)=O)c1. The molecule has 0 aliphatic heterocycles. The maximum Gasteiger partial charge on any atom is 0.337 e. The van der Waals surface area contributed by atoms with Crippen molar-refractivity contribution >= 4 is 33.3 Å². The van der Waals surface area contributed by atoms with E-state index < -0.39 is 27.9 Å². The number of rotatable bonds is 6. The predicted octanol–water partition coefficient (Wildman–Crippen LogP) is 2.57. The second-order valence-corrected chi connectivity index (χ2v) is 7.99. The Morgan fingerprint density at radius 2 is 1.78 bits per heavy atom. The molecular weight excluding hydrogens is 368 g/mol. The van der Waals surface area contributed by atoms with E-state index in [1.54, 1.807) is 36.4 Å². The Balaban J connectivity index is 2.29. The number of amides is 1. The molecule has 0 radical (unpaired) electrons. The Bertz CT molecular complexity index is 956. The summed E-state index contributed by atoms with van der Waals surface area (Å²) in [5, 5.41) is 2.65. The van der Waals surface area contributed by atoms with Crippen LogP contribution in [0.5, 0.6) is 0 Å². The lowest BCUT2D eigenvalue weighted by Crippen LogP contribution is -2.45. The molecule has 0 fully saturated rings. The monoisotopic (exact) mass is 390 g/mol. The first-order chi connectivity index (χ1) is 12.6. The normalized spacial score (nSPS) is 12.1. The van der Waals surface area contributed by atoms with E-state index in [9.17, 15) is 18.0 Å². The van der Waals surface area contributed by atoms with E-state index in [4.69, 9.17) is 0 Å². The van der Waals surface area contributed by atoms with Crippen molar-refractivity contribution in [2.24, 2.45) is 0 Å². The van der Waals surface area contributed by atoms with Gasteiger partial charge in [0.1, 0.15) is 6.04 Å². The fourth-order valence-electron chi connectivity index (χ4n) is 2.66. The van der Waals surface area contributed by atoms with Gasteiger partial charge in [0.15, 0.2) is 0 Å². The van der Waals surface area contributed by atoms with E-state index in [0.717, 1.165) is 16.1 Å². The lowest BCUT2D eigenvalue weighted by atomic mass is 10.2. The van der Waals surface area contributed by atoms with Gasteiger partial charge in [-0.25, -0.2) is 13.2 Å². The third kappa shape index (κ3) is 5.07. The number of methoxy groups -OCH3 is 1. The molecule has 1 amide bonds. The van der Waals surface area contributed by atoms with Gasteiger partial charge in [-0.2, -0.15) is 0 Å². The van der Waals surface area contributed by atoms with Crippen LogP contribution in [0.15, 0.2) is 48.5 Å². The van der Waals surface area contributed by atoms with Crippen LogP contribution < -0.4 is 9.62 Å². The molecule has 2 aromatic carbocycles. The number of hydrogen-bond donors (Lipinski definition) is 1. The number of sulfonamides is 1. The van der Waals surface area contributed by atoms with Crippen molar-refractivity contribution in [1.82, 2.24) is 0 Å². The standard InChI is InChI=1S/C19H22N2O5S/c1-13-7-5-10-17(11-13)21(27(4,24)25)14(2)18(22)20-16-9-6-8-15(12-16)19(23)26-3/h5-12,14H,1-4H3,(H,20,22)/t14-/m1/s1. The van der Waals surface area contributed by atoms with Crippen LogP contribution in [0, 0.1) is 6.92 Å². The van der Waals surface area contributed by atoms with E-state index in [1.807, 2.05) is 13.0 Å². The Hall–Kier alpha value is -2.87. The number of hydrogen-bond acceptors (Lipinski definition) is 5. The molecule has 1 N–H and O–H groups in total. The first-order valence-corrected chi connectivity index (χ1v) is 10.0. The topological polar surface area (TPSA) is 92.8 Å². The molecule has 0 aliphatic carbocycles. The van der Waals surface area contributed by atoms with Crippen LogP contribution in [-0.4, -0.2) is 39.7 Å². The number of carbonyl (C=O) groups excluding carboxylic acids is 2. The highest BCUT2D eigenvalue weighted by molar-refractivity contribution is 7.92. The Morgan fingerprint density at radius 3 is 2.37 bits per heavy atom. The summed E-state index contributed by atoms with van der Waals surface area (Å²) < 4.78 is 30.3. The van der Waals surface area contributed by atoms with Crippen molar-refractivity contribution in [3.63, 3.8) is 0 Å². The van der Waals surface area contributed by atoms with Gasteiger partial charge in [-0.05, 0) is 49.7 Å². The summed E-state index contributed by atoms with van der Waals surface area (Å²) in [6.45, 7) is 3.34. The quantitative estimate of drug-likeness (QED) is 0.765. The number of nitrogens with zero attached hydrogens (tertiary/aromatic N) is 1. The number of aryl methyl sites for hydroxylation is 1. The lowest BCUT2D eigenvalue weighted by molar-refractivity contribution is -0.116. The summed E-state index contributed by atoms with van der Waals surface area (Å²) in [5.74, 6) is -1.05. The molecule has 27 heavy (non-hydrogen) atoms. The molecular formula is C19H22N2O5S. The minimum atomic E-state index is -3.70. The molecule has 0 aliphatic rings. The van der Waals surface area contributed by atoms with Crippen molar-refractivity contribution in [3.05, 3.63) is 59.7 Å². The molecule has 0 spiro atoms. The highest BCUT2D eigenvalue weighted by atomic mass is 32.2. The van der Waals surface area contributed by atoms with Crippen LogP contribution in [0.4, 0.5) is 11.4 Å². The summed E-state index contributed by atoms with van der Waals surface area (Å²) in [7, 11) is -2.43. The van der Waals surface area contributed by atoms with Gasteiger partial charge in [-0.3, -0.25) is 9.10 Å². The van der Waals surface area contributed by atoms with E-state index in [1.165, 1.54) is 20.1 Å². The Morgan fingerprint density at radius 1 is 1.11 bits per heavy atom. The Labute approximate surface area is 159 Å². The van der Waals surface area contributed by atoms with Crippen molar-refractivity contribution in [2.45, 2.75) is 19.9 Å². The molecule has 0 aromatic heterocycles. The van der Waals surface area contributed by atoms with Crippen molar-refractivity contribution < 1.29 is 22.7 Å². The van der Waals surface area contributed by atoms with E-state index in [-0.39, 0.29) is 5.56 Å². The van der Waals surface area contributed by atoms with Gasteiger partial charge >= 0.3 is 5.97 Å². The molecule has 0 heterocycles. The van der Waals surface area contributed by atoms with Crippen LogP contribution in [0.3, 0.4) is 0 Å². The van der Waals surface area contributed by atoms with Crippen LogP contribution in [0.1, 0.15) is 22.8 Å². The van der Waals surface area contributed by atoms with Crippen LogP contribution in [-0.2, 0) is 19.6 Å². The van der Waals surface area contributed by atoms with Gasteiger partial charge in [0.25, 0.3) is 0 Å². The zero-order valence-electron chi connectivity index (χ0n) is 15.6. The average Bonchev–Trinajstić information content (AvgIpc) is 2.60. The molecule has 2 aromatic rings. The first kappa shape index (κ1) is 20.4. The number of benzene rings is 2. The predicted molar refractivity (Wildman–Crippen MR) is 104 cm³/mol. The molecule has 0 saturated heterocycles. The number of nitrogens with one attached hydrogen (secondary N) is 1. The van der Waals surface area contributed by atoms with Crippen LogP contribution in [0.2, 0.25) is 0 Å². The van der Waals surface area contributed by atoms with Crippen LogP contribution >= 0.6 is 0 Å². The number of carbonyl (C=O) groups is 2. The lowest BCUT2D eigenvalue weighted by Gasteiger charge is -2.28. The Kier molecular flexibility index (Phi) is 6.22. The van der Waals surface area contributed by atoms with Crippen molar-refractivity contribution in [1.29, 1.82) is 0 Å². The van der Waals surface area contributed by atoms with E-state index in [0.29, 0.717) is 11.4 Å². The fraction of sp³-hybridized carbons (Fsp3) is 0.263. The molecule has 7 nitrogen and oxygen atoms in total. The second-order valence-electron chi connectivity index (χ2n) is 6.14. The fourth-order valence-corrected chi connectivity index (χ4v) is 3.83.